The Morgan fingerprint density at radius 3 is 2.59 bits per heavy atom. The van der Waals surface area contributed by atoms with Gasteiger partial charge in [0.15, 0.2) is 11.5 Å². The van der Waals surface area contributed by atoms with E-state index in [9.17, 15) is 14.7 Å². The number of carbonyl (C=O) groups excluding carboxylic acids is 1. The van der Waals surface area contributed by atoms with Gasteiger partial charge in [0.1, 0.15) is 17.2 Å². The number of hydrogen-bond donors (Lipinski definition) is 3. The molecular formula is C28H34N4O5. The van der Waals surface area contributed by atoms with Crippen LogP contribution >= 0.6 is 0 Å². The van der Waals surface area contributed by atoms with E-state index in [0.717, 1.165) is 49.2 Å². The van der Waals surface area contributed by atoms with Crippen LogP contribution in [0.25, 0.3) is 16.9 Å². The highest BCUT2D eigenvalue weighted by Crippen LogP contribution is 2.38. The standard InChI is InChI=1S/C28H34N4O5/c1-28(2,3)31-26-25(18-9-10-21-22(13-18)37-16-36-21)30-23-14-19(11-12-32(23)26)27(35)29-20(15-24(33)34)17-7-5-4-6-8-17/h9-14,17,20,31H,4-8,15-16H2,1-3H3,(H,29,35)(H,33,34). The van der Waals surface area contributed by atoms with E-state index in [0.29, 0.717) is 22.7 Å². The Morgan fingerprint density at radius 2 is 1.86 bits per heavy atom. The van der Waals surface area contributed by atoms with Gasteiger partial charge in [-0.15, -0.1) is 0 Å². The maximum atomic E-state index is 13.3. The average molecular weight is 507 g/mol. The van der Waals surface area contributed by atoms with Crippen LogP contribution in [0.1, 0.15) is 69.7 Å². The molecule has 1 atom stereocenters. The number of hydrogen-bond acceptors (Lipinski definition) is 6. The predicted molar refractivity (Wildman–Crippen MR) is 140 cm³/mol. The Balaban J connectivity index is 1.48. The number of rotatable bonds is 7. The average Bonchev–Trinajstić information content (AvgIpc) is 3.46. The van der Waals surface area contributed by atoms with Crippen molar-refractivity contribution in [3.8, 4) is 22.8 Å². The van der Waals surface area contributed by atoms with Crippen molar-refractivity contribution in [2.45, 2.75) is 70.9 Å². The van der Waals surface area contributed by atoms with Crippen molar-refractivity contribution in [2.24, 2.45) is 5.92 Å². The Labute approximate surface area is 216 Å². The molecule has 2 aliphatic rings. The van der Waals surface area contributed by atoms with Crippen molar-refractivity contribution in [3.05, 3.63) is 42.1 Å². The molecule has 0 saturated heterocycles. The van der Waals surface area contributed by atoms with Crippen LogP contribution in [0.5, 0.6) is 11.5 Å². The van der Waals surface area contributed by atoms with E-state index in [2.05, 4.69) is 31.4 Å². The summed E-state index contributed by atoms with van der Waals surface area (Å²) in [6.07, 6.45) is 6.95. The zero-order valence-corrected chi connectivity index (χ0v) is 21.5. The van der Waals surface area contributed by atoms with Crippen LogP contribution in [-0.4, -0.2) is 44.7 Å². The quantitative estimate of drug-likeness (QED) is 0.409. The Bertz CT molecular complexity index is 1320. The van der Waals surface area contributed by atoms with E-state index in [1.54, 1.807) is 12.1 Å². The number of carboxylic acids is 1. The van der Waals surface area contributed by atoms with E-state index in [4.69, 9.17) is 14.5 Å². The molecule has 3 N–H and O–H groups in total. The first-order valence-corrected chi connectivity index (χ1v) is 12.9. The molecule has 1 aliphatic heterocycles. The maximum Gasteiger partial charge on any atom is 0.305 e. The van der Waals surface area contributed by atoms with Crippen LogP contribution in [0, 0.1) is 5.92 Å². The van der Waals surface area contributed by atoms with Crippen LogP contribution in [0.3, 0.4) is 0 Å². The van der Waals surface area contributed by atoms with Gasteiger partial charge in [-0.3, -0.25) is 14.0 Å². The molecule has 3 heterocycles. The number of fused-ring (bicyclic) bond motifs is 2. The van der Waals surface area contributed by atoms with Gasteiger partial charge in [-0.05, 0) is 69.9 Å². The molecule has 3 aromatic rings. The van der Waals surface area contributed by atoms with Crippen LogP contribution in [0.2, 0.25) is 0 Å². The second kappa shape index (κ2) is 9.95. The van der Waals surface area contributed by atoms with Gasteiger partial charge in [0.05, 0.1) is 6.42 Å². The second-order valence-corrected chi connectivity index (χ2v) is 11.0. The minimum atomic E-state index is -0.897. The molecule has 5 rings (SSSR count). The van der Waals surface area contributed by atoms with Crippen LogP contribution in [-0.2, 0) is 4.79 Å². The van der Waals surface area contributed by atoms with E-state index in [1.807, 2.05) is 28.8 Å². The normalized spacial score (nSPS) is 16.5. The molecule has 0 bridgehead atoms. The number of nitrogens with one attached hydrogen (secondary N) is 2. The first-order chi connectivity index (χ1) is 17.7. The monoisotopic (exact) mass is 506 g/mol. The number of imidazole rings is 1. The number of anilines is 1. The SMILES string of the molecule is CC(C)(C)Nc1c(-c2ccc3c(c2)OCO3)nc2cc(C(=O)NC(CC(=O)O)C3CCCCC3)ccn12. The van der Waals surface area contributed by atoms with Crippen molar-refractivity contribution in [1.82, 2.24) is 14.7 Å². The third-order valence-electron chi connectivity index (χ3n) is 6.96. The fourth-order valence-corrected chi connectivity index (χ4v) is 5.22. The summed E-state index contributed by atoms with van der Waals surface area (Å²) in [7, 11) is 0. The van der Waals surface area contributed by atoms with Crippen molar-refractivity contribution in [3.63, 3.8) is 0 Å². The highest BCUT2D eigenvalue weighted by atomic mass is 16.7. The third-order valence-corrected chi connectivity index (χ3v) is 6.96. The van der Waals surface area contributed by atoms with Gasteiger partial charge in [0.25, 0.3) is 5.91 Å². The fourth-order valence-electron chi connectivity index (χ4n) is 5.22. The topological polar surface area (TPSA) is 114 Å². The number of aromatic nitrogens is 2. The first-order valence-electron chi connectivity index (χ1n) is 12.9. The lowest BCUT2D eigenvalue weighted by molar-refractivity contribution is -0.137. The summed E-state index contributed by atoms with van der Waals surface area (Å²) in [5, 5.41) is 16.0. The summed E-state index contributed by atoms with van der Waals surface area (Å²) in [6.45, 7) is 6.42. The molecule has 1 fully saturated rings. The Morgan fingerprint density at radius 1 is 1.11 bits per heavy atom. The molecule has 1 aliphatic carbocycles. The van der Waals surface area contributed by atoms with Gasteiger partial charge in [-0.25, -0.2) is 4.98 Å². The second-order valence-electron chi connectivity index (χ2n) is 11.0. The summed E-state index contributed by atoms with van der Waals surface area (Å²) in [4.78, 5) is 29.7. The third kappa shape index (κ3) is 5.50. The lowest BCUT2D eigenvalue weighted by Crippen LogP contribution is -2.42. The zero-order valence-electron chi connectivity index (χ0n) is 21.5. The van der Waals surface area contributed by atoms with E-state index in [-0.39, 0.29) is 36.6 Å². The van der Waals surface area contributed by atoms with E-state index in [1.165, 1.54) is 0 Å². The van der Waals surface area contributed by atoms with Gasteiger partial charge in [0.2, 0.25) is 6.79 Å². The van der Waals surface area contributed by atoms with Crippen molar-refractivity contribution < 1.29 is 24.2 Å². The van der Waals surface area contributed by atoms with E-state index >= 15 is 0 Å². The minimum absolute atomic E-state index is 0.0735. The summed E-state index contributed by atoms with van der Waals surface area (Å²) in [5.74, 6) is 1.18. The Hall–Kier alpha value is -3.75. The fraction of sp³-hybridized carbons (Fsp3) is 0.464. The lowest BCUT2D eigenvalue weighted by atomic mass is 9.82. The summed E-state index contributed by atoms with van der Waals surface area (Å²) < 4.78 is 13.0. The number of pyridine rings is 1. The molecule has 0 spiro atoms. The number of benzene rings is 1. The molecule has 1 saturated carbocycles. The number of nitrogens with zero attached hydrogens (tertiary/aromatic N) is 2. The van der Waals surface area contributed by atoms with Crippen molar-refractivity contribution >= 4 is 23.3 Å². The first kappa shape index (κ1) is 24.9. The van der Waals surface area contributed by atoms with Gasteiger partial charge < -0.3 is 25.2 Å². The number of ether oxygens (including phenoxy) is 2. The van der Waals surface area contributed by atoms with Crippen LogP contribution in [0.4, 0.5) is 5.82 Å². The molecule has 9 heteroatoms. The van der Waals surface area contributed by atoms with Gasteiger partial charge in [-0.2, -0.15) is 0 Å². The lowest BCUT2D eigenvalue weighted by Gasteiger charge is -2.30. The highest BCUT2D eigenvalue weighted by Gasteiger charge is 2.28. The molecule has 1 amide bonds. The minimum Gasteiger partial charge on any atom is -0.481 e. The summed E-state index contributed by atoms with van der Waals surface area (Å²) in [5.41, 5.74) is 2.42. The molecule has 37 heavy (non-hydrogen) atoms. The highest BCUT2D eigenvalue weighted by molar-refractivity contribution is 5.96. The predicted octanol–water partition coefficient (Wildman–Crippen LogP) is 5.09. The Kier molecular flexibility index (Phi) is 6.70. The summed E-state index contributed by atoms with van der Waals surface area (Å²) >= 11 is 0. The van der Waals surface area contributed by atoms with Crippen LogP contribution in [0.15, 0.2) is 36.5 Å². The number of carboxylic acid groups (broad SMARTS) is 1. The number of carbonyl (C=O) groups is 2. The number of aliphatic carboxylic acids is 1. The van der Waals surface area contributed by atoms with Crippen molar-refractivity contribution in [2.75, 3.05) is 12.1 Å². The summed E-state index contributed by atoms with van der Waals surface area (Å²) in [6, 6.07) is 8.83. The zero-order chi connectivity index (χ0) is 26.2. The molecule has 0 radical (unpaired) electrons. The van der Waals surface area contributed by atoms with Gasteiger partial charge in [0, 0.05) is 28.9 Å². The van der Waals surface area contributed by atoms with E-state index < -0.39 is 5.97 Å². The molecule has 1 unspecified atom stereocenters. The maximum absolute atomic E-state index is 13.3. The van der Waals surface area contributed by atoms with Gasteiger partial charge >= 0.3 is 5.97 Å². The molecular weight excluding hydrogens is 472 g/mol. The smallest absolute Gasteiger partial charge is 0.305 e. The molecule has 9 nitrogen and oxygen atoms in total. The molecule has 196 valence electrons. The van der Waals surface area contributed by atoms with Crippen molar-refractivity contribution in [1.29, 1.82) is 0 Å². The number of amides is 1. The largest absolute Gasteiger partial charge is 0.481 e. The van der Waals surface area contributed by atoms with Crippen LogP contribution < -0.4 is 20.1 Å². The molecule has 2 aromatic heterocycles. The molecule has 1 aromatic carbocycles. The van der Waals surface area contributed by atoms with Gasteiger partial charge in [-0.1, -0.05) is 19.3 Å².